The first-order valence-electron chi connectivity index (χ1n) is 9.35. The SMILES string of the molecule is CCN(CC)S(=O)(=O)c1cc(C(=O)OCc2ccc(S(=O)(=O)N(C)C)o2)ccc1OC. The lowest BCUT2D eigenvalue weighted by Gasteiger charge is -2.20. The molecule has 0 N–H and O–H groups in total. The Hall–Kier alpha value is -2.41. The fourth-order valence-corrected chi connectivity index (χ4v) is 5.13. The average Bonchev–Trinajstić information content (AvgIpc) is 3.22. The van der Waals surface area contributed by atoms with Crippen molar-refractivity contribution in [2.45, 2.75) is 30.4 Å². The zero-order valence-electron chi connectivity index (χ0n) is 18.0. The molecule has 0 aliphatic rings. The molecule has 10 nitrogen and oxygen atoms in total. The molecule has 0 aliphatic carbocycles. The van der Waals surface area contributed by atoms with Crippen LogP contribution in [0.25, 0.3) is 0 Å². The van der Waals surface area contributed by atoms with Crippen LogP contribution >= 0.6 is 0 Å². The van der Waals surface area contributed by atoms with Crippen LogP contribution in [0.3, 0.4) is 0 Å². The van der Waals surface area contributed by atoms with Crippen LogP contribution in [0.5, 0.6) is 5.75 Å². The lowest BCUT2D eigenvalue weighted by atomic mass is 10.2. The summed E-state index contributed by atoms with van der Waals surface area (Å²) in [6, 6.07) is 6.60. The van der Waals surface area contributed by atoms with Crippen molar-refractivity contribution < 1.29 is 35.5 Å². The summed E-state index contributed by atoms with van der Waals surface area (Å²) in [5.41, 5.74) is -0.000719. The molecule has 0 aliphatic heterocycles. The van der Waals surface area contributed by atoms with E-state index in [2.05, 4.69) is 0 Å². The molecule has 0 fully saturated rings. The molecule has 0 unspecified atom stereocenters. The molecule has 0 radical (unpaired) electrons. The summed E-state index contributed by atoms with van der Waals surface area (Å²) < 4.78 is 67.7. The largest absolute Gasteiger partial charge is 0.495 e. The van der Waals surface area contributed by atoms with Crippen LogP contribution in [0.15, 0.2) is 44.7 Å². The number of benzene rings is 1. The van der Waals surface area contributed by atoms with Gasteiger partial charge in [-0.05, 0) is 30.3 Å². The van der Waals surface area contributed by atoms with Gasteiger partial charge in [-0.25, -0.2) is 25.9 Å². The molecule has 0 spiro atoms. The van der Waals surface area contributed by atoms with Crippen molar-refractivity contribution in [1.82, 2.24) is 8.61 Å². The molecular formula is C19H26N2O8S2. The summed E-state index contributed by atoms with van der Waals surface area (Å²) >= 11 is 0. The number of ether oxygens (including phenoxy) is 2. The van der Waals surface area contributed by atoms with Crippen LogP contribution in [0.2, 0.25) is 0 Å². The second kappa shape index (κ2) is 9.81. The van der Waals surface area contributed by atoms with E-state index in [1.165, 1.54) is 55.8 Å². The number of sulfonamides is 2. The van der Waals surface area contributed by atoms with Gasteiger partial charge >= 0.3 is 5.97 Å². The van der Waals surface area contributed by atoms with E-state index >= 15 is 0 Å². The second-order valence-corrected chi connectivity index (χ2v) is 10.5. The third-order valence-corrected chi connectivity index (χ3v) is 8.20. The third-order valence-electron chi connectivity index (χ3n) is 4.44. The Morgan fingerprint density at radius 1 is 1.00 bits per heavy atom. The van der Waals surface area contributed by atoms with E-state index in [0.717, 1.165) is 4.31 Å². The summed E-state index contributed by atoms with van der Waals surface area (Å²) in [4.78, 5) is 12.3. The topological polar surface area (TPSA) is 123 Å². The summed E-state index contributed by atoms with van der Waals surface area (Å²) in [5.74, 6) is -0.571. The Balaban J connectivity index is 2.25. The number of esters is 1. The van der Waals surface area contributed by atoms with Crippen LogP contribution in [0, 0.1) is 0 Å². The van der Waals surface area contributed by atoms with Crippen LogP contribution in [-0.2, 0) is 31.4 Å². The van der Waals surface area contributed by atoms with Crippen LogP contribution < -0.4 is 4.74 Å². The first-order chi connectivity index (χ1) is 14.5. The van der Waals surface area contributed by atoms with E-state index < -0.39 is 26.0 Å². The molecule has 0 bridgehead atoms. The minimum atomic E-state index is -3.88. The number of hydrogen-bond donors (Lipinski definition) is 0. The van der Waals surface area contributed by atoms with Gasteiger partial charge in [-0.2, -0.15) is 4.31 Å². The summed E-state index contributed by atoms with van der Waals surface area (Å²) in [7, 11) is -3.56. The molecule has 2 aromatic rings. The lowest BCUT2D eigenvalue weighted by Crippen LogP contribution is -2.31. The van der Waals surface area contributed by atoms with Crippen molar-refractivity contribution in [1.29, 1.82) is 0 Å². The van der Waals surface area contributed by atoms with Gasteiger partial charge in [-0.15, -0.1) is 0 Å². The Kier molecular flexibility index (Phi) is 7.87. The van der Waals surface area contributed by atoms with Gasteiger partial charge in [0.2, 0.25) is 15.1 Å². The van der Waals surface area contributed by atoms with Gasteiger partial charge in [-0.3, -0.25) is 0 Å². The molecule has 1 aromatic heterocycles. The molecular weight excluding hydrogens is 448 g/mol. The third kappa shape index (κ3) is 5.26. The number of carbonyl (C=O) groups is 1. The van der Waals surface area contributed by atoms with Crippen LogP contribution in [-0.4, -0.2) is 65.7 Å². The van der Waals surface area contributed by atoms with Crippen molar-refractivity contribution in [3.8, 4) is 5.75 Å². The van der Waals surface area contributed by atoms with Gasteiger partial charge in [-0.1, -0.05) is 13.8 Å². The number of nitrogens with zero attached hydrogens (tertiary/aromatic N) is 2. The smallest absolute Gasteiger partial charge is 0.338 e. The Bertz CT molecular complexity index is 1130. The van der Waals surface area contributed by atoms with E-state index in [0.29, 0.717) is 0 Å². The summed E-state index contributed by atoms with van der Waals surface area (Å²) in [6.45, 7) is 3.60. The van der Waals surface area contributed by atoms with Crippen LogP contribution in [0.1, 0.15) is 30.0 Å². The molecule has 0 atom stereocenters. The van der Waals surface area contributed by atoms with E-state index in [9.17, 15) is 21.6 Å². The predicted octanol–water partition coefficient (Wildman–Crippen LogP) is 1.93. The van der Waals surface area contributed by atoms with Gasteiger partial charge < -0.3 is 13.9 Å². The van der Waals surface area contributed by atoms with Gasteiger partial charge in [0.1, 0.15) is 23.0 Å². The highest BCUT2D eigenvalue weighted by molar-refractivity contribution is 7.89. The fourth-order valence-electron chi connectivity index (χ4n) is 2.68. The van der Waals surface area contributed by atoms with E-state index in [1.54, 1.807) is 13.8 Å². The number of carbonyl (C=O) groups excluding carboxylic acids is 1. The van der Waals surface area contributed by atoms with Gasteiger partial charge in [0.15, 0.2) is 0 Å². The van der Waals surface area contributed by atoms with Crippen molar-refractivity contribution in [2.24, 2.45) is 0 Å². The molecule has 1 aromatic carbocycles. The minimum absolute atomic E-state index is 0.000719. The zero-order valence-corrected chi connectivity index (χ0v) is 19.6. The van der Waals surface area contributed by atoms with Crippen LogP contribution in [0.4, 0.5) is 0 Å². The molecule has 12 heteroatoms. The number of rotatable bonds is 10. The van der Waals surface area contributed by atoms with Crippen molar-refractivity contribution in [3.63, 3.8) is 0 Å². The Morgan fingerprint density at radius 2 is 1.65 bits per heavy atom. The van der Waals surface area contributed by atoms with E-state index in [4.69, 9.17) is 13.9 Å². The van der Waals surface area contributed by atoms with Gasteiger partial charge in [0.25, 0.3) is 10.0 Å². The maximum absolute atomic E-state index is 12.9. The quantitative estimate of drug-likeness (QED) is 0.479. The first-order valence-corrected chi connectivity index (χ1v) is 12.2. The number of methoxy groups -OCH3 is 1. The second-order valence-electron chi connectivity index (χ2n) is 6.54. The molecule has 31 heavy (non-hydrogen) atoms. The molecule has 0 saturated heterocycles. The minimum Gasteiger partial charge on any atom is -0.495 e. The lowest BCUT2D eigenvalue weighted by molar-refractivity contribution is 0.0440. The normalized spacial score (nSPS) is 12.4. The Morgan fingerprint density at radius 3 is 2.19 bits per heavy atom. The van der Waals surface area contributed by atoms with E-state index in [1.807, 2.05) is 0 Å². The fraction of sp³-hybridized carbons (Fsp3) is 0.421. The summed E-state index contributed by atoms with van der Waals surface area (Å²) in [6.07, 6.45) is 0. The standard InChI is InChI=1S/C19H26N2O8S2/c1-6-21(7-2)30(23,24)17-12-14(8-10-16(17)27-5)19(22)28-13-15-9-11-18(29-15)31(25,26)20(3)4/h8-12H,6-7,13H2,1-5H3. The number of hydrogen-bond acceptors (Lipinski definition) is 8. The Labute approximate surface area is 182 Å². The van der Waals surface area contributed by atoms with Crippen molar-refractivity contribution in [2.75, 3.05) is 34.3 Å². The zero-order chi connectivity index (χ0) is 23.4. The predicted molar refractivity (Wildman–Crippen MR) is 112 cm³/mol. The molecule has 0 saturated carbocycles. The molecule has 1 heterocycles. The summed E-state index contributed by atoms with van der Waals surface area (Å²) in [5, 5.41) is -0.277. The maximum atomic E-state index is 12.9. The molecule has 0 amide bonds. The highest BCUT2D eigenvalue weighted by Gasteiger charge is 2.27. The van der Waals surface area contributed by atoms with Crippen molar-refractivity contribution >= 4 is 26.0 Å². The van der Waals surface area contributed by atoms with Gasteiger partial charge in [0.05, 0.1) is 12.7 Å². The molecule has 2 rings (SSSR count). The van der Waals surface area contributed by atoms with Gasteiger partial charge in [0, 0.05) is 27.2 Å². The molecule has 172 valence electrons. The monoisotopic (exact) mass is 474 g/mol. The first kappa shape index (κ1) is 24.9. The average molecular weight is 475 g/mol. The maximum Gasteiger partial charge on any atom is 0.338 e. The highest BCUT2D eigenvalue weighted by atomic mass is 32.2. The number of furan rings is 1. The van der Waals surface area contributed by atoms with E-state index in [-0.39, 0.29) is 46.8 Å². The van der Waals surface area contributed by atoms with Crippen molar-refractivity contribution in [3.05, 3.63) is 41.7 Å². The highest BCUT2D eigenvalue weighted by Crippen LogP contribution is 2.28.